The topological polar surface area (TPSA) is 77.9 Å². The number of benzene rings is 1. The van der Waals surface area contributed by atoms with Crippen molar-refractivity contribution in [2.75, 3.05) is 26.2 Å². The Hall–Kier alpha value is -2.37. The number of carboxylic acids is 1. The van der Waals surface area contributed by atoms with Crippen LogP contribution in [0, 0.1) is 5.92 Å². The van der Waals surface area contributed by atoms with E-state index >= 15 is 0 Å². The molecule has 2 rings (SSSR count). The number of carboxylic acid groups (broad SMARTS) is 1. The van der Waals surface area contributed by atoms with Gasteiger partial charge < -0.3 is 14.9 Å². The highest BCUT2D eigenvalue weighted by atomic mass is 16.4. The Labute approximate surface area is 154 Å². The normalized spacial score (nSPS) is 14.9. The first-order valence-corrected chi connectivity index (χ1v) is 9.39. The Balaban J connectivity index is 2.09. The second-order valence-corrected chi connectivity index (χ2v) is 6.78. The fourth-order valence-electron chi connectivity index (χ4n) is 3.33. The summed E-state index contributed by atoms with van der Waals surface area (Å²) in [5.41, 5.74) is 1.01. The summed E-state index contributed by atoms with van der Waals surface area (Å²) < 4.78 is 0. The Morgan fingerprint density at radius 2 is 1.65 bits per heavy atom. The SMILES string of the molecule is CCCN(CCC)C(=O)c1cccc(C(=O)N2CCC(C(=O)O)CC2)c1. The van der Waals surface area contributed by atoms with Gasteiger partial charge in [0, 0.05) is 37.3 Å². The molecule has 1 aliphatic heterocycles. The van der Waals surface area contributed by atoms with Gasteiger partial charge in [0.05, 0.1) is 5.92 Å². The van der Waals surface area contributed by atoms with E-state index in [1.54, 1.807) is 29.2 Å². The molecule has 1 aromatic carbocycles. The summed E-state index contributed by atoms with van der Waals surface area (Å²) in [6.45, 7) is 6.35. The smallest absolute Gasteiger partial charge is 0.306 e. The van der Waals surface area contributed by atoms with Gasteiger partial charge in [-0.1, -0.05) is 19.9 Å². The Morgan fingerprint density at radius 3 is 2.19 bits per heavy atom. The molecule has 26 heavy (non-hydrogen) atoms. The van der Waals surface area contributed by atoms with Crippen LogP contribution in [-0.2, 0) is 4.79 Å². The van der Waals surface area contributed by atoms with Crippen LogP contribution in [0.1, 0.15) is 60.2 Å². The minimum absolute atomic E-state index is 0.0482. The van der Waals surface area contributed by atoms with Crippen molar-refractivity contribution in [1.29, 1.82) is 0 Å². The Kier molecular flexibility index (Phi) is 7.18. The molecule has 2 amide bonds. The van der Waals surface area contributed by atoms with E-state index in [0.29, 0.717) is 50.1 Å². The summed E-state index contributed by atoms with van der Waals surface area (Å²) in [7, 11) is 0. The van der Waals surface area contributed by atoms with E-state index in [1.807, 2.05) is 18.7 Å². The molecule has 142 valence electrons. The molecule has 1 fully saturated rings. The zero-order chi connectivity index (χ0) is 19.1. The number of carbonyl (C=O) groups excluding carboxylic acids is 2. The number of amides is 2. The van der Waals surface area contributed by atoms with Crippen molar-refractivity contribution in [2.24, 2.45) is 5.92 Å². The van der Waals surface area contributed by atoms with Gasteiger partial charge in [0.1, 0.15) is 0 Å². The van der Waals surface area contributed by atoms with Gasteiger partial charge in [-0.25, -0.2) is 0 Å². The van der Waals surface area contributed by atoms with Gasteiger partial charge in [-0.2, -0.15) is 0 Å². The molecule has 0 aromatic heterocycles. The molecule has 6 nitrogen and oxygen atoms in total. The van der Waals surface area contributed by atoms with Gasteiger partial charge in [-0.15, -0.1) is 0 Å². The van der Waals surface area contributed by atoms with Crippen LogP contribution in [0.15, 0.2) is 24.3 Å². The zero-order valence-corrected chi connectivity index (χ0v) is 15.6. The number of piperidine rings is 1. The summed E-state index contributed by atoms with van der Waals surface area (Å²) in [5.74, 6) is -1.35. The van der Waals surface area contributed by atoms with Crippen LogP contribution in [-0.4, -0.2) is 58.9 Å². The molecule has 1 aliphatic rings. The van der Waals surface area contributed by atoms with Crippen LogP contribution >= 0.6 is 0 Å². The second-order valence-electron chi connectivity index (χ2n) is 6.78. The highest BCUT2D eigenvalue weighted by Gasteiger charge is 2.27. The highest BCUT2D eigenvalue weighted by Crippen LogP contribution is 2.20. The summed E-state index contributed by atoms with van der Waals surface area (Å²) in [6, 6.07) is 6.85. The molecular formula is C20H28N2O4. The van der Waals surface area contributed by atoms with Crippen LogP contribution < -0.4 is 0 Å². The molecule has 1 aromatic rings. The fraction of sp³-hybridized carbons (Fsp3) is 0.550. The third-order valence-electron chi connectivity index (χ3n) is 4.76. The van der Waals surface area contributed by atoms with Crippen molar-refractivity contribution in [3.05, 3.63) is 35.4 Å². The van der Waals surface area contributed by atoms with Gasteiger partial charge in [-0.05, 0) is 43.9 Å². The predicted octanol–water partition coefficient (Wildman–Crippen LogP) is 2.89. The molecule has 0 spiro atoms. The largest absolute Gasteiger partial charge is 0.481 e. The van der Waals surface area contributed by atoms with Crippen molar-refractivity contribution < 1.29 is 19.5 Å². The lowest BCUT2D eigenvalue weighted by atomic mass is 9.96. The lowest BCUT2D eigenvalue weighted by molar-refractivity contribution is -0.143. The Bertz CT molecular complexity index is 645. The maximum atomic E-state index is 12.7. The average molecular weight is 360 g/mol. The molecule has 1 heterocycles. The summed E-state index contributed by atoms with van der Waals surface area (Å²) in [5, 5.41) is 9.07. The van der Waals surface area contributed by atoms with Gasteiger partial charge >= 0.3 is 5.97 Å². The molecule has 6 heteroatoms. The van der Waals surface area contributed by atoms with E-state index in [0.717, 1.165) is 12.8 Å². The minimum Gasteiger partial charge on any atom is -0.481 e. The second kappa shape index (κ2) is 9.36. The maximum absolute atomic E-state index is 12.7. The summed E-state index contributed by atoms with van der Waals surface area (Å²) in [4.78, 5) is 40.0. The van der Waals surface area contributed by atoms with E-state index in [9.17, 15) is 14.4 Å². The minimum atomic E-state index is -0.795. The number of hydrogen-bond donors (Lipinski definition) is 1. The molecule has 1 saturated heterocycles. The molecule has 0 bridgehead atoms. The summed E-state index contributed by atoms with van der Waals surface area (Å²) in [6.07, 6.45) is 2.73. The molecule has 0 unspecified atom stereocenters. The van der Waals surface area contributed by atoms with Gasteiger partial charge in [0.15, 0.2) is 0 Å². The number of likely N-dealkylation sites (tertiary alicyclic amines) is 1. The van der Waals surface area contributed by atoms with E-state index in [4.69, 9.17) is 5.11 Å². The van der Waals surface area contributed by atoms with Crippen LogP contribution in [0.4, 0.5) is 0 Å². The molecule has 0 saturated carbocycles. The van der Waals surface area contributed by atoms with Crippen molar-refractivity contribution >= 4 is 17.8 Å². The first kappa shape index (κ1) is 19.9. The monoisotopic (exact) mass is 360 g/mol. The number of hydrogen-bond acceptors (Lipinski definition) is 3. The standard InChI is InChI=1S/C20H28N2O4/c1-3-10-21(11-4-2)18(23)16-6-5-7-17(14-16)19(24)22-12-8-15(9-13-22)20(25)26/h5-7,14-15H,3-4,8-13H2,1-2H3,(H,25,26). The lowest BCUT2D eigenvalue weighted by Gasteiger charge is -2.30. The first-order valence-electron chi connectivity index (χ1n) is 9.39. The van der Waals surface area contributed by atoms with E-state index in [1.165, 1.54) is 0 Å². The van der Waals surface area contributed by atoms with Crippen LogP contribution in [0.3, 0.4) is 0 Å². The maximum Gasteiger partial charge on any atom is 0.306 e. The average Bonchev–Trinajstić information content (AvgIpc) is 2.67. The van der Waals surface area contributed by atoms with Gasteiger partial charge in [0.2, 0.25) is 0 Å². The number of aliphatic carboxylic acids is 1. The fourth-order valence-corrected chi connectivity index (χ4v) is 3.33. The van der Waals surface area contributed by atoms with Crippen molar-refractivity contribution in [1.82, 2.24) is 9.80 Å². The van der Waals surface area contributed by atoms with E-state index in [2.05, 4.69) is 0 Å². The number of rotatable bonds is 7. The van der Waals surface area contributed by atoms with Gasteiger partial charge in [-0.3, -0.25) is 14.4 Å². The van der Waals surface area contributed by atoms with Crippen LogP contribution in [0.5, 0.6) is 0 Å². The molecule has 0 radical (unpaired) electrons. The van der Waals surface area contributed by atoms with Crippen LogP contribution in [0.25, 0.3) is 0 Å². The molecular weight excluding hydrogens is 332 g/mol. The third kappa shape index (κ3) is 4.84. The zero-order valence-electron chi connectivity index (χ0n) is 15.6. The van der Waals surface area contributed by atoms with Gasteiger partial charge in [0.25, 0.3) is 11.8 Å². The van der Waals surface area contributed by atoms with E-state index in [-0.39, 0.29) is 17.7 Å². The highest BCUT2D eigenvalue weighted by molar-refractivity contribution is 5.99. The molecule has 0 atom stereocenters. The summed E-state index contributed by atoms with van der Waals surface area (Å²) >= 11 is 0. The van der Waals surface area contributed by atoms with Crippen LogP contribution in [0.2, 0.25) is 0 Å². The van der Waals surface area contributed by atoms with Crippen molar-refractivity contribution in [3.8, 4) is 0 Å². The lowest BCUT2D eigenvalue weighted by Crippen LogP contribution is -2.40. The molecule has 1 N–H and O–H groups in total. The molecule has 0 aliphatic carbocycles. The quantitative estimate of drug-likeness (QED) is 0.811. The predicted molar refractivity (Wildman–Crippen MR) is 99.2 cm³/mol. The van der Waals surface area contributed by atoms with Crippen molar-refractivity contribution in [3.63, 3.8) is 0 Å². The van der Waals surface area contributed by atoms with Crippen molar-refractivity contribution in [2.45, 2.75) is 39.5 Å². The third-order valence-corrected chi connectivity index (χ3v) is 4.76. The Morgan fingerprint density at radius 1 is 1.08 bits per heavy atom. The van der Waals surface area contributed by atoms with E-state index < -0.39 is 5.97 Å². The first-order chi connectivity index (χ1) is 12.5. The number of nitrogens with zero attached hydrogens (tertiary/aromatic N) is 2. The number of carbonyl (C=O) groups is 3.